The van der Waals surface area contributed by atoms with Gasteiger partial charge in [-0.15, -0.1) is 0 Å². The van der Waals surface area contributed by atoms with Crippen LogP contribution in [0.4, 0.5) is 17.2 Å². The number of piperazine rings is 1. The molecule has 4 aliphatic heterocycles. The van der Waals surface area contributed by atoms with Gasteiger partial charge in [-0.25, -0.2) is 9.97 Å². The summed E-state index contributed by atoms with van der Waals surface area (Å²) in [6, 6.07) is 16.6. The van der Waals surface area contributed by atoms with E-state index in [1.165, 1.54) is 0 Å². The summed E-state index contributed by atoms with van der Waals surface area (Å²) >= 11 is 0. The first-order valence-corrected chi connectivity index (χ1v) is 18.5. The predicted octanol–water partition coefficient (Wildman–Crippen LogP) is 3.99. The van der Waals surface area contributed by atoms with Crippen LogP contribution in [0.2, 0.25) is 0 Å². The Balaban J connectivity index is 0.762. The summed E-state index contributed by atoms with van der Waals surface area (Å²) < 4.78 is 2.07. The minimum Gasteiger partial charge on any atom is -0.398 e. The zero-order valence-corrected chi connectivity index (χ0v) is 29.4. The summed E-state index contributed by atoms with van der Waals surface area (Å²) in [5.41, 5.74) is 9.53. The van der Waals surface area contributed by atoms with E-state index in [-0.39, 0.29) is 18.7 Å². The molecule has 4 amide bonds. The van der Waals surface area contributed by atoms with Gasteiger partial charge in [0.25, 0.3) is 11.8 Å². The van der Waals surface area contributed by atoms with Gasteiger partial charge < -0.3 is 15.5 Å². The number of nitrogens with zero attached hydrogens (tertiary/aromatic N) is 7. The molecule has 270 valence electrons. The number of pyridine rings is 2. The summed E-state index contributed by atoms with van der Waals surface area (Å²) in [6.07, 6.45) is 9.56. The normalized spacial score (nSPS) is 20.2. The molecule has 3 fully saturated rings. The first kappa shape index (κ1) is 33.0. The van der Waals surface area contributed by atoms with Crippen LogP contribution in [-0.4, -0.2) is 99.8 Å². The van der Waals surface area contributed by atoms with E-state index in [2.05, 4.69) is 41.7 Å². The van der Waals surface area contributed by atoms with Gasteiger partial charge in [0.2, 0.25) is 11.8 Å². The van der Waals surface area contributed by atoms with E-state index in [1.54, 1.807) is 12.1 Å². The standard InChI is InChI=1S/C40H41N9O4/c41-32-3-1-2-27-23-42-36(22-30(27)32)48-15-11-26-20-35(43-24-34(26)48)47-13-9-25(10-14-47)8-12-45-16-18-46(19-17-45)28-4-5-29-31(21-28)40(53)49(39(29)52)33-6-7-37(50)44-38(33)51/h1-5,11,15,20-25,33H,6-10,12-14,16-19,41H2,(H,44,50,51). The summed E-state index contributed by atoms with van der Waals surface area (Å²) in [5, 5.41) is 5.39. The number of aromatic nitrogens is 3. The monoisotopic (exact) mass is 711 g/mol. The lowest BCUT2D eigenvalue weighted by atomic mass is 9.93. The van der Waals surface area contributed by atoms with Gasteiger partial charge in [0.15, 0.2) is 0 Å². The van der Waals surface area contributed by atoms with E-state index in [0.29, 0.717) is 17.0 Å². The summed E-state index contributed by atoms with van der Waals surface area (Å²) in [7, 11) is 0. The minimum atomic E-state index is -0.958. The Labute approximate surface area is 306 Å². The van der Waals surface area contributed by atoms with Crippen LogP contribution in [0.1, 0.15) is 52.8 Å². The topological polar surface area (TPSA) is 150 Å². The zero-order valence-electron chi connectivity index (χ0n) is 29.4. The average molecular weight is 712 g/mol. The molecule has 0 spiro atoms. The summed E-state index contributed by atoms with van der Waals surface area (Å²) in [6.45, 7) is 6.55. The maximum absolute atomic E-state index is 13.3. The van der Waals surface area contributed by atoms with Gasteiger partial charge in [-0.05, 0) is 80.6 Å². The van der Waals surface area contributed by atoms with E-state index in [4.69, 9.17) is 10.7 Å². The van der Waals surface area contributed by atoms with Crippen molar-refractivity contribution in [2.45, 2.75) is 38.1 Å². The maximum atomic E-state index is 13.3. The van der Waals surface area contributed by atoms with Crippen LogP contribution in [0.25, 0.3) is 27.5 Å². The number of benzene rings is 2. The third-order valence-corrected chi connectivity index (χ3v) is 11.5. The van der Waals surface area contributed by atoms with Crippen molar-refractivity contribution in [1.82, 2.24) is 29.7 Å². The van der Waals surface area contributed by atoms with Gasteiger partial charge >= 0.3 is 0 Å². The van der Waals surface area contributed by atoms with Gasteiger partial charge in [0.1, 0.15) is 17.7 Å². The molecule has 1 atom stereocenters. The highest BCUT2D eigenvalue weighted by Gasteiger charge is 2.44. The highest BCUT2D eigenvalue weighted by Crippen LogP contribution is 2.32. The second-order valence-corrected chi connectivity index (χ2v) is 14.6. The van der Waals surface area contributed by atoms with Crippen molar-refractivity contribution in [1.29, 1.82) is 0 Å². The van der Waals surface area contributed by atoms with Crippen molar-refractivity contribution < 1.29 is 19.2 Å². The van der Waals surface area contributed by atoms with E-state index in [9.17, 15) is 19.2 Å². The van der Waals surface area contributed by atoms with Crippen LogP contribution in [0.5, 0.6) is 0 Å². The highest BCUT2D eigenvalue weighted by molar-refractivity contribution is 6.23. The molecule has 0 bridgehead atoms. The number of hydrogen-bond acceptors (Lipinski definition) is 10. The molecule has 2 aromatic carbocycles. The maximum Gasteiger partial charge on any atom is 0.262 e. The Morgan fingerprint density at radius 2 is 1.55 bits per heavy atom. The third kappa shape index (κ3) is 6.04. The summed E-state index contributed by atoms with van der Waals surface area (Å²) in [5.74, 6) is 0.585. The predicted molar refractivity (Wildman–Crippen MR) is 202 cm³/mol. The summed E-state index contributed by atoms with van der Waals surface area (Å²) in [4.78, 5) is 68.2. The number of piperidine rings is 2. The highest BCUT2D eigenvalue weighted by atomic mass is 16.2. The Morgan fingerprint density at radius 1 is 0.755 bits per heavy atom. The number of anilines is 3. The molecule has 1 unspecified atom stereocenters. The Morgan fingerprint density at radius 3 is 2.36 bits per heavy atom. The van der Waals surface area contributed by atoms with Crippen molar-refractivity contribution in [3.8, 4) is 5.82 Å². The largest absolute Gasteiger partial charge is 0.398 e. The number of carbonyl (C=O) groups is 4. The molecular weight excluding hydrogens is 670 g/mol. The average Bonchev–Trinajstić information content (AvgIpc) is 3.72. The second kappa shape index (κ2) is 13.3. The lowest BCUT2D eigenvalue weighted by molar-refractivity contribution is -0.136. The van der Waals surface area contributed by atoms with Crippen LogP contribution in [0.15, 0.2) is 73.2 Å². The molecule has 13 nitrogen and oxygen atoms in total. The van der Waals surface area contributed by atoms with Gasteiger partial charge in [-0.2, -0.15) is 0 Å². The zero-order chi connectivity index (χ0) is 36.2. The molecule has 0 saturated carbocycles. The molecule has 3 aromatic heterocycles. The SMILES string of the molecule is Nc1cccc2cnc(-n3ccc4cc(N5CCC(CCN6CCN(c7ccc8c(c7)C(=O)N(C7CCC(=O)NC7=O)C8=O)CC6)CC5)ncc43)cc12. The minimum absolute atomic E-state index is 0.103. The Kier molecular flexibility index (Phi) is 8.29. The van der Waals surface area contributed by atoms with E-state index in [1.807, 2.05) is 48.9 Å². The number of nitrogens with one attached hydrogen (secondary N) is 1. The number of amides is 4. The first-order valence-electron chi connectivity index (χ1n) is 18.5. The number of imide groups is 2. The molecule has 3 N–H and O–H groups in total. The fourth-order valence-electron chi connectivity index (χ4n) is 8.41. The van der Waals surface area contributed by atoms with Crippen molar-refractivity contribution >= 4 is 62.5 Å². The van der Waals surface area contributed by atoms with Crippen molar-refractivity contribution in [2.75, 3.05) is 61.3 Å². The van der Waals surface area contributed by atoms with Crippen LogP contribution < -0.4 is 20.9 Å². The molecule has 0 aliphatic carbocycles. The van der Waals surface area contributed by atoms with Crippen LogP contribution in [0.3, 0.4) is 0 Å². The molecule has 0 radical (unpaired) electrons. The lowest BCUT2D eigenvalue weighted by Crippen LogP contribution is -2.54. The third-order valence-electron chi connectivity index (χ3n) is 11.5. The molecule has 5 aromatic rings. The van der Waals surface area contributed by atoms with Crippen LogP contribution in [0, 0.1) is 5.92 Å². The fourth-order valence-corrected chi connectivity index (χ4v) is 8.41. The van der Waals surface area contributed by atoms with Crippen LogP contribution in [-0.2, 0) is 9.59 Å². The molecule has 9 rings (SSSR count). The smallest absolute Gasteiger partial charge is 0.262 e. The lowest BCUT2D eigenvalue weighted by Gasteiger charge is -2.38. The van der Waals surface area contributed by atoms with Crippen LogP contribution >= 0.6 is 0 Å². The van der Waals surface area contributed by atoms with Crippen molar-refractivity contribution in [3.63, 3.8) is 0 Å². The number of rotatable bonds is 7. The number of nitrogens with two attached hydrogens (primary N) is 1. The molecule has 4 aliphatic rings. The Bertz CT molecular complexity index is 2290. The van der Waals surface area contributed by atoms with Crippen molar-refractivity contribution in [3.05, 3.63) is 84.3 Å². The van der Waals surface area contributed by atoms with Crippen molar-refractivity contribution in [2.24, 2.45) is 5.92 Å². The fraction of sp³-hybridized carbons (Fsp3) is 0.350. The molecule has 7 heterocycles. The van der Waals surface area contributed by atoms with Gasteiger partial charge in [-0.1, -0.05) is 12.1 Å². The van der Waals surface area contributed by atoms with Gasteiger partial charge in [-0.3, -0.25) is 38.9 Å². The number of hydrogen-bond donors (Lipinski definition) is 2. The second-order valence-electron chi connectivity index (χ2n) is 14.6. The van der Waals surface area contributed by atoms with Gasteiger partial charge in [0.05, 0.1) is 22.8 Å². The number of fused-ring (bicyclic) bond motifs is 3. The molecule has 3 saturated heterocycles. The quantitative estimate of drug-likeness (QED) is 0.188. The number of nitrogen functional groups attached to an aromatic ring is 1. The molecular formula is C40H41N9O4. The first-order chi connectivity index (χ1) is 25.8. The number of carbonyl (C=O) groups excluding carboxylic acids is 4. The van der Waals surface area contributed by atoms with Gasteiger partial charge in [0, 0.05) is 85.6 Å². The molecule has 53 heavy (non-hydrogen) atoms. The van der Waals surface area contributed by atoms with E-state index in [0.717, 1.165) is 115 Å². The van der Waals surface area contributed by atoms with E-state index < -0.39 is 23.8 Å². The molecule has 13 heteroatoms. The van der Waals surface area contributed by atoms with E-state index >= 15 is 0 Å². The Hall–Kier alpha value is -5.82.